The lowest BCUT2D eigenvalue weighted by Crippen LogP contribution is -2.03. The van der Waals surface area contributed by atoms with Gasteiger partial charge in [0.05, 0.1) is 5.56 Å². The second-order valence-corrected chi connectivity index (χ2v) is 5.07. The molecule has 0 spiro atoms. The summed E-state index contributed by atoms with van der Waals surface area (Å²) in [5.74, 6) is 1.68. The summed E-state index contributed by atoms with van der Waals surface area (Å²) in [7, 11) is 0. The Kier molecular flexibility index (Phi) is 6.86. The predicted molar refractivity (Wildman–Crippen MR) is 75.4 cm³/mol. The summed E-state index contributed by atoms with van der Waals surface area (Å²) in [6.07, 6.45) is 8.05. The monoisotopic (exact) mass is 245 g/mol. The summed E-state index contributed by atoms with van der Waals surface area (Å²) >= 11 is 0. The van der Waals surface area contributed by atoms with Crippen LogP contribution in [0.15, 0.2) is 18.3 Å². The van der Waals surface area contributed by atoms with Gasteiger partial charge in [-0.1, -0.05) is 39.5 Å². The van der Waals surface area contributed by atoms with E-state index in [9.17, 15) is 0 Å². The molecule has 98 valence electrons. The molecule has 3 heteroatoms. The van der Waals surface area contributed by atoms with Crippen LogP contribution in [-0.2, 0) is 0 Å². The first-order valence-corrected chi connectivity index (χ1v) is 6.82. The van der Waals surface area contributed by atoms with E-state index in [-0.39, 0.29) is 0 Å². The maximum absolute atomic E-state index is 8.65. The number of nitrogens with one attached hydrogen (secondary N) is 1. The molecule has 0 bridgehead atoms. The molecule has 1 rings (SSSR count). The lowest BCUT2D eigenvalue weighted by Gasteiger charge is -2.06. The van der Waals surface area contributed by atoms with E-state index in [1.54, 1.807) is 12.3 Å². The van der Waals surface area contributed by atoms with E-state index < -0.39 is 0 Å². The first-order valence-electron chi connectivity index (χ1n) is 6.82. The van der Waals surface area contributed by atoms with E-state index in [1.807, 2.05) is 6.07 Å². The lowest BCUT2D eigenvalue weighted by molar-refractivity contribution is 0.523. The predicted octanol–water partition coefficient (Wildman–Crippen LogP) is 3.97. The molecular formula is C15H23N3. The molecule has 0 unspecified atom stereocenters. The third-order valence-corrected chi connectivity index (χ3v) is 2.91. The van der Waals surface area contributed by atoms with Crippen LogP contribution in [0.4, 0.5) is 5.82 Å². The van der Waals surface area contributed by atoms with Crippen molar-refractivity contribution in [3.05, 3.63) is 23.9 Å². The quantitative estimate of drug-likeness (QED) is 0.705. The van der Waals surface area contributed by atoms with Gasteiger partial charge in [0.25, 0.3) is 0 Å². The van der Waals surface area contributed by atoms with Crippen LogP contribution >= 0.6 is 0 Å². The minimum Gasteiger partial charge on any atom is -0.370 e. The van der Waals surface area contributed by atoms with Gasteiger partial charge in [-0.25, -0.2) is 4.98 Å². The van der Waals surface area contributed by atoms with Gasteiger partial charge >= 0.3 is 0 Å². The number of nitriles is 1. The summed E-state index contributed by atoms with van der Waals surface area (Å²) in [5, 5.41) is 11.9. The Morgan fingerprint density at radius 1 is 1.22 bits per heavy atom. The van der Waals surface area contributed by atoms with Crippen LogP contribution in [0.25, 0.3) is 0 Å². The molecule has 0 aliphatic heterocycles. The number of aromatic nitrogens is 1. The second-order valence-electron chi connectivity index (χ2n) is 5.07. The molecular weight excluding hydrogens is 222 g/mol. The maximum Gasteiger partial charge on any atom is 0.125 e. The normalized spacial score (nSPS) is 10.3. The molecule has 1 aromatic heterocycles. The number of anilines is 1. The molecule has 1 aromatic rings. The first-order chi connectivity index (χ1) is 8.72. The minimum absolute atomic E-state index is 0.606. The molecule has 0 fully saturated rings. The van der Waals surface area contributed by atoms with Crippen molar-refractivity contribution in [1.29, 1.82) is 5.26 Å². The van der Waals surface area contributed by atoms with Crippen LogP contribution in [0.3, 0.4) is 0 Å². The van der Waals surface area contributed by atoms with Crippen molar-refractivity contribution >= 4 is 5.82 Å². The van der Waals surface area contributed by atoms with Crippen LogP contribution in [0, 0.1) is 17.2 Å². The third kappa shape index (κ3) is 6.24. The molecule has 0 aliphatic carbocycles. The Morgan fingerprint density at radius 3 is 2.61 bits per heavy atom. The Morgan fingerprint density at radius 2 is 2.00 bits per heavy atom. The maximum atomic E-state index is 8.65. The average molecular weight is 245 g/mol. The molecule has 1 heterocycles. The van der Waals surface area contributed by atoms with Gasteiger partial charge in [0.1, 0.15) is 11.9 Å². The van der Waals surface area contributed by atoms with Crippen molar-refractivity contribution in [3.8, 4) is 6.07 Å². The fourth-order valence-corrected chi connectivity index (χ4v) is 1.81. The zero-order valence-corrected chi connectivity index (χ0v) is 11.4. The Labute approximate surface area is 110 Å². The van der Waals surface area contributed by atoms with Gasteiger partial charge < -0.3 is 5.32 Å². The molecule has 1 N–H and O–H groups in total. The number of pyridine rings is 1. The van der Waals surface area contributed by atoms with Crippen molar-refractivity contribution in [3.63, 3.8) is 0 Å². The van der Waals surface area contributed by atoms with Gasteiger partial charge in [-0.05, 0) is 24.5 Å². The molecule has 3 nitrogen and oxygen atoms in total. The standard InChI is InChI=1S/C15H23N3/c1-13(2)7-5-3-4-6-10-17-15-9-8-14(11-16)12-18-15/h8-9,12-13H,3-7,10H2,1-2H3,(H,17,18). The number of nitrogens with zero attached hydrogens (tertiary/aromatic N) is 2. The van der Waals surface area contributed by atoms with E-state index in [0.717, 1.165) is 18.3 Å². The topological polar surface area (TPSA) is 48.7 Å². The zero-order chi connectivity index (χ0) is 13.2. The number of hydrogen-bond acceptors (Lipinski definition) is 3. The van der Waals surface area contributed by atoms with Crippen LogP contribution in [0.5, 0.6) is 0 Å². The highest BCUT2D eigenvalue weighted by Crippen LogP contribution is 2.10. The SMILES string of the molecule is CC(C)CCCCCCNc1ccc(C#N)cn1. The van der Waals surface area contributed by atoms with Crippen LogP contribution < -0.4 is 5.32 Å². The van der Waals surface area contributed by atoms with Crippen LogP contribution in [0.2, 0.25) is 0 Å². The number of hydrogen-bond donors (Lipinski definition) is 1. The lowest BCUT2D eigenvalue weighted by atomic mass is 10.0. The van der Waals surface area contributed by atoms with Crippen molar-refractivity contribution in [2.24, 2.45) is 5.92 Å². The third-order valence-electron chi connectivity index (χ3n) is 2.91. The van der Waals surface area contributed by atoms with Crippen molar-refractivity contribution in [1.82, 2.24) is 4.98 Å². The van der Waals surface area contributed by atoms with Crippen molar-refractivity contribution < 1.29 is 0 Å². The Bertz CT molecular complexity index is 362. The summed E-state index contributed by atoms with van der Waals surface area (Å²) < 4.78 is 0. The molecule has 0 aliphatic rings. The summed E-state index contributed by atoms with van der Waals surface area (Å²) in [4.78, 5) is 4.17. The van der Waals surface area contributed by atoms with Crippen LogP contribution in [-0.4, -0.2) is 11.5 Å². The summed E-state index contributed by atoms with van der Waals surface area (Å²) in [6, 6.07) is 5.71. The highest BCUT2D eigenvalue weighted by molar-refractivity contribution is 5.38. The molecule has 18 heavy (non-hydrogen) atoms. The summed E-state index contributed by atoms with van der Waals surface area (Å²) in [5.41, 5.74) is 0.606. The zero-order valence-electron chi connectivity index (χ0n) is 11.4. The van der Waals surface area contributed by atoms with E-state index in [0.29, 0.717) is 5.56 Å². The van der Waals surface area contributed by atoms with Gasteiger partial charge in [-0.3, -0.25) is 0 Å². The van der Waals surface area contributed by atoms with Gasteiger partial charge in [-0.2, -0.15) is 5.26 Å². The van der Waals surface area contributed by atoms with Gasteiger partial charge in [-0.15, -0.1) is 0 Å². The van der Waals surface area contributed by atoms with E-state index in [1.165, 1.54) is 32.1 Å². The van der Waals surface area contributed by atoms with Crippen LogP contribution in [0.1, 0.15) is 51.5 Å². The second kappa shape index (κ2) is 8.52. The van der Waals surface area contributed by atoms with E-state index in [4.69, 9.17) is 5.26 Å². The molecule has 0 aromatic carbocycles. The molecule has 0 saturated heterocycles. The first kappa shape index (κ1) is 14.5. The Balaban J connectivity index is 2.05. The molecule has 0 atom stereocenters. The van der Waals surface area contributed by atoms with Crippen molar-refractivity contribution in [2.45, 2.75) is 46.0 Å². The number of unbranched alkanes of at least 4 members (excludes halogenated alkanes) is 3. The van der Waals surface area contributed by atoms with Gasteiger partial charge in [0, 0.05) is 12.7 Å². The fraction of sp³-hybridized carbons (Fsp3) is 0.600. The molecule has 0 saturated carbocycles. The number of rotatable bonds is 8. The Hall–Kier alpha value is -1.56. The van der Waals surface area contributed by atoms with E-state index in [2.05, 4.69) is 30.2 Å². The smallest absolute Gasteiger partial charge is 0.125 e. The molecule has 0 radical (unpaired) electrons. The highest BCUT2D eigenvalue weighted by atomic mass is 15.0. The molecule has 0 amide bonds. The van der Waals surface area contributed by atoms with Crippen molar-refractivity contribution in [2.75, 3.05) is 11.9 Å². The fourth-order valence-electron chi connectivity index (χ4n) is 1.81. The highest BCUT2D eigenvalue weighted by Gasteiger charge is 1.96. The van der Waals surface area contributed by atoms with Gasteiger partial charge in [0.2, 0.25) is 0 Å². The minimum atomic E-state index is 0.606. The van der Waals surface area contributed by atoms with Gasteiger partial charge in [0.15, 0.2) is 0 Å². The summed E-state index contributed by atoms with van der Waals surface area (Å²) in [6.45, 7) is 5.51. The van der Waals surface area contributed by atoms with E-state index >= 15 is 0 Å². The largest absolute Gasteiger partial charge is 0.370 e. The average Bonchev–Trinajstić information content (AvgIpc) is 2.38.